The Balaban J connectivity index is 2.25. The van der Waals surface area contributed by atoms with Crippen molar-refractivity contribution in [3.63, 3.8) is 0 Å². The third-order valence-corrected chi connectivity index (χ3v) is 2.66. The number of rotatable bonds is 4. The molecule has 0 radical (unpaired) electrons. The second-order valence-electron chi connectivity index (χ2n) is 4.06. The van der Waals surface area contributed by atoms with Gasteiger partial charge in [0.2, 0.25) is 0 Å². The molecule has 0 heterocycles. The molecule has 3 nitrogen and oxygen atoms in total. The molecule has 2 aromatic carbocycles. The van der Waals surface area contributed by atoms with Crippen molar-refractivity contribution in [2.75, 3.05) is 7.11 Å². The number of benzene rings is 2. The first-order valence-corrected chi connectivity index (χ1v) is 5.75. The minimum Gasteiger partial charge on any atom is -0.493 e. The van der Waals surface area contributed by atoms with Crippen molar-refractivity contribution in [3.05, 3.63) is 53.6 Å². The quantitative estimate of drug-likeness (QED) is 0.897. The molecule has 0 aliphatic heterocycles. The highest BCUT2D eigenvalue weighted by Gasteiger charge is 2.06. The lowest BCUT2D eigenvalue weighted by Crippen LogP contribution is -1.92. The highest BCUT2D eigenvalue weighted by atomic mass is 16.5. The lowest BCUT2D eigenvalue weighted by Gasteiger charge is -2.11. The van der Waals surface area contributed by atoms with Gasteiger partial charge in [0.25, 0.3) is 0 Å². The van der Waals surface area contributed by atoms with Crippen LogP contribution in [0.3, 0.4) is 0 Å². The Kier molecular flexibility index (Phi) is 3.85. The van der Waals surface area contributed by atoms with Crippen LogP contribution in [0.2, 0.25) is 0 Å². The minimum atomic E-state index is -0.0127. The van der Waals surface area contributed by atoms with Crippen molar-refractivity contribution < 1.29 is 14.6 Å². The van der Waals surface area contributed by atoms with E-state index in [1.165, 1.54) is 5.56 Å². The lowest BCUT2D eigenvalue weighted by atomic mass is 10.2. The summed E-state index contributed by atoms with van der Waals surface area (Å²) in [6.07, 6.45) is 0. The SMILES string of the molecule is COc1cc(CO)ccc1Oc1ccc(C)cc1. The molecule has 0 amide bonds. The van der Waals surface area contributed by atoms with E-state index in [0.29, 0.717) is 11.5 Å². The van der Waals surface area contributed by atoms with E-state index in [1.807, 2.05) is 37.3 Å². The molecule has 0 saturated carbocycles. The third kappa shape index (κ3) is 2.81. The third-order valence-electron chi connectivity index (χ3n) is 2.66. The fraction of sp³-hybridized carbons (Fsp3) is 0.200. The fourth-order valence-electron chi connectivity index (χ4n) is 1.63. The van der Waals surface area contributed by atoms with Gasteiger partial charge in [-0.05, 0) is 36.8 Å². The summed E-state index contributed by atoms with van der Waals surface area (Å²) >= 11 is 0. The minimum absolute atomic E-state index is 0.0127. The standard InChI is InChI=1S/C15H16O3/c1-11-3-6-13(7-4-11)18-14-8-5-12(10-16)9-15(14)17-2/h3-9,16H,10H2,1-2H3. The molecule has 0 aromatic heterocycles. The Morgan fingerprint density at radius 2 is 1.72 bits per heavy atom. The topological polar surface area (TPSA) is 38.7 Å². The Labute approximate surface area is 107 Å². The summed E-state index contributed by atoms with van der Waals surface area (Å²) in [5.74, 6) is 2.01. The lowest BCUT2D eigenvalue weighted by molar-refractivity contribution is 0.280. The molecule has 0 spiro atoms. The second-order valence-corrected chi connectivity index (χ2v) is 4.06. The molecule has 0 aliphatic carbocycles. The molecule has 0 saturated heterocycles. The van der Waals surface area contributed by atoms with Gasteiger partial charge in [0.15, 0.2) is 11.5 Å². The monoisotopic (exact) mass is 244 g/mol. The van der Waals surface area contributed by atoms with Crippen molar-refractivity contribution in [2.24, 2.45) is 0 Å². The maximum absolute atomic E-state index is 9.07. The van der Waals surface area contributed by atoms with E-state index in [9.17, 15) is 0 Å². The van der Waals surface area contributed by atoms with Gasteiger partial charge in [-0.3, -0.25) is 0 Å². The highest BCUT2D eigenvalue weighted by Crippen LogP contribution is 2.32. The first-order chi connectivity index (χ1) is 8.72. The summed E-state index contributed by atoms with van der Waals surface area (Å²) in [7, 11) is 1.58. The molecule has 0 aliphatic rings. The van der Waals surface area contributed by atoms with Crippen molar-refractivity contribution in [1.82, 2.24) is 0 Å². The van der Waals surface area contributed by atoms with Gasteiger partial charge in [0, 0.05) is 0 Å². The van der Waals surface area contributed by atoms with Crippen LogP contribution in [0.4, 0.5) is 0 Å². The Hall–Kier alpha value is -2.00. The van der Waals surface area contributed by atoms with Crippen LogP contribution in [0, 0.1) is 6.92 Å². The van der Waals surface area contributed by atoms with Crippen LogP contribution in [-0.2, 0) is 6.61 Å². The molecule has 2 aromatic rings. The molecule has 94 valence electrons. The summed E-state index contributed by atoms with van der Waals surface area (Å²) in [6.45, 7) is 2.02. The number of methoxy groups -OCH3 is 1. The van der Waals surface area contributed by atoms with E-state index >= 15 is 0 Å². The second kappa shape index (κ2) is 5.56. The predicted octanol–water partition coefficient (Wildman–Crippen LogP) is 3.29. The number of aliphatic hydroxyl groups excluding tert-OH is 1. The zero-order chi connectivity index (χ0) is 13.0. The molecule has 0 bridgehead atoms. The van der Waals surface area contributed by atoms with Crippen LogP contribution >= 0.6 is 0 Å². The number of aryl methyl sites for hydroxylation is 1. The maximum atomic E-state index is 9.07. The molecular weight excluding hydrogens is 228 g/mol. The zero-order valence-electron chi connectivity index (χ0n) is 10.5. The number of aliphatic hydroxyl groups is 1. The van der Waals surface area contributed by atoms with Gasteiger partial charge >= 0.3 is 0 Å². The molecule has 18 heavy (non-hydrogen) atoms. The van der Waals surface area contributed by atoms with E-state index in [2.05, 4.69) is 0 Å². The van der Waals surface area contributed by atoms with Crippen molar-refractivity contribution in [3.8, 4) is 17.2 Å². The summed E-state index contributed by atoms with van der Waals surface area (Å²) in [5, 5.41) is 9.07. The number of hydrogen-bond acceptors (Lipinski definition) is 3. The summed E-state index contributed by atoms with van der Waals surface area (Å²) in [5.41, 5.74) is 1.98. The Morgan fingerprint density at radius 1 is 1.00 bits per heavy atom. The number of ether oxygens (including phenoxy) is 2. The Morgan fingerprint density at radius 3 is 2.33 bits per heavy atom. The average molecular weight is 244 g/mol. The van der Waals surface area contributed by atoms with Gasteiger partial charge in [0.05, 0.1) is 13.7 Å². The molecule has 0 fully saturated rings. The van der Waals surface area contributed by atoms with Gasteiger partial charge in [-0.1, -0.05) is 23.8 Å². The molecule has 0 atom stereocenters. The van der Waals surface area contributed by atoms with Crippen LogP contribution in [0.15, 0.2) is 42.5 Å². The van der Waals surface area contributed by atoms with Gasteiger partial charge in [-0.2, -0.15) is 0 Å². The molecule has 2 rings (SSSR count). The van der Waals surface area contributed by atoms with Crippen LogP contribution in [-0.4, -0.2) is 12.2 Å². The maximum Gasteiger partial charge on any atom is 0.169 e. The van der Waals surface area contributed by atoms with Crippen LogP contribution in [0.1, 0.15) is 11.1 Å². The average Bonchev–Trinajstić information content (AvgIpc) is 2.41. The van der Waals surface area contributed by atoms with Gasteiger partial charge < -0.3 is 14.6 Å². The number of hydrogen-bond donors (Lipinski definition) is 1. The normalized spacial score (nSPS) is 10.2. The van der Waals surface area contributed by atoms with E-state index in [1.54, 1.807) is 19.2 Å². The molecule has 1 N–H and O–H groups in total. The van der Waals surface area contributed by atoms with Crippen LogP contribution in [0.5, 0.6) is 17.2 Å². The fourth-order valence-corrected chi connectivity index (χ4v) is 1.63. The molecule has 3 heteroatoms. The molecule has 0 unspecified atom stereocenters. The van der Waals surface area contributed by atoms with Gasteiger partial charge in [0.1, 0.15) is 5.75 Å². The van der Waals surface area contributed by atoms with E-state index in [-0.39, 0.29) is 6.61 Å². The van der Waals surface area contributed by atoms with Gasteiger partial charge in [-0.25, -0.2) is 0 Å². The van der Waals surface area contributed by atoms with E-state index in [4.69, 9.17) is 14.6 Å². The predicted molar refractivity (Wildman–Crippen MR) is 70.2 cm³/mol. The van der Waals surface area contributed by atoms with Crippen molar-refractivity contribution in [2.45, 2.75) is 13.5 Å². The summed E-state index contributed by atoms with van der Waals surface area (Å²) < 4.78 is 11.0. The highest BCUT2D eigenvalue weighted by molar-refractivity contribution is 5.45. The van der Waals surface area contributed by atoms with Gasteiger partial charge in [-0.15, -0.1) is 0 Å². The zero-order valence-corrected chi connectivity index (χ0v) is 10.5. The van der Waals surface area contributed by atoms with Crippen LogP contribution in [0.25, 0.3) is 0 Å². The first kappa shape index (κ1) is 12.5. The summed E-state index contributed by atoms with van der Waals surface area (Å²) in [4.78, 5) is 0. The Bertz CT molecular complexity index is 518. The largest absolute Gasteiger partial charge is 0.493 e. The first-order valence-electron chi connectivity index (χ1n) is 5.75. The smallest absolute Gasteiger partial charge is 0.169 e. The molecular formula is C15H16O3. The van der Waals surface area contributed by atoms with Crippen molar-refractivity contribution >= 4 is 0 Å². The van der Waals surface area contributed by atoms with E-state index < -0.39 is 0 Å². The van der Waals surface area contributed by atoms with Crippen LogP contribution < -0.4 is 9.47 Å². The van der Waals surface area contributed by atoms with Crippen molar-refractivity contribution in [1.29, 1.82) is 0 Å². The van der Waals surface area contributed by atoms with E-state index in [0.717, 1.165) is 11.3 Å². The summed E-state index contributed by atoms with van der Waals surface area (Å²) in [6, 6.07) is 13.2.